The molecule has 1 aliphatic rings. The van der Waals surface area contributed by atoms with Crippen LogP contribution in [0.4, 0.5) is 5.13 Å². The molecule has 1 aliphatic heterocycles. The van der Waals surface area contributed by atoms with Gasteiger partial charge in [-0.15, -0.1) is 11.3 Å². The van der Waals surface area contributed by atoms with E-state index in [4.69, 9.17) is 9.72 Å². The fourth-order valence-corrected chi connectivity index (χ4v) is 4.28. The van der Waals surface area contributed by atoms with Gasteiger partial charge < -0.3 is 4.74 Å². The van der Waals surface area contributed by atoms with E-state index in [0.29, 0.717) is 12.1 Å². The number of amides is 1. The Bertz CT molecular complexity index is 959. The van der Waals surface area contributed by atoms with Crippen LogP contribution in [-0.2, 0) is 4.74 Å². The second kappa shape index (κ2) is 8.25. The van der Waals surface area contributed by atoms with Crippen molar-refractivity contribution >= 4 is 22.4 Å². The number of hydrogen-bond donors (Lipinski definition) is 0. The maximum atomic E-state index is 13.4. The summed E-state index contributed by atoms with van der Waals surface area (Å²) >= 11 is 1.51. The highest BCUT2D eigenvalue weighted by atomic mass is 32.1. The van der Waals surface area contributed by atoms with Crippen LogP contribution < -0.4 is 4.90 Å². The van der Waals surface area contributed by atoms with Crippen molar-refractivity contribution in [2.75, 3.05) is 18.1 Å². The molecule has 5 heteroatoms. The SMILES string of the molecule is Cc1ccc(-c2csc(N(C[C@@H]3CCCO3)C(=O)c3ccccc3C)n2)cc1. The van der Waals surface area contributed by atoms with Gasteiger partial charge in [0.25, 0.3) is 5.91 Å². The van der Waals surface area contributed by atoms with Gasteiger partial charge in [-0.1, -0.05) is 48.0 Å². The molecule has 1 fully saturated rings. The van der Waals surface area contributed by atoms with Gasteiger partial charge in [0.05, 0.1) is 18.3 Å². The van der Waals surface area contributed by atoms with Crippen LogP contribution in [0.1, 0.15) is 34.3 Å². The lowest BCUT2D eigenvalue weighted by Gasteiger charge is -2.23. The Morgan fingerprint density at radius 2 is 1.96 bits per heavy atom. The molecule has 0 N–H and O–H groups in total. The third-order valence-corrected chi connectivity index (χ3v) is 5.96. The highest BCUT2D eigenvalue weighted by Gasteiger charge is 2.27. The van der Waals surface area contributed by atoms with E-state index in [-0.39, 0.29) is 12.0 Å². The maximum Gasteiger partial charge on any atom is 0.260 e. The van der Waals surface area contributed by atoms with E-state index in [1.54, 1.807) is 4.90 Å². The van der Waals surface area contributed by atoms with Crippen LogP contribution in [0, 0.1) is 13.8 Å². The number of carbonyl (C=O) groups excluding carboxylic acids is 1. The largest absolute Gasteiger partial charge is 0.376 e. The van der Waals surface area contributed by atoms with Gasteiger partial charge in [-0.25, -0.2) is 4.98 Å². The lowest BCUT2D eigenvalue weighted by atomic mass is 10.1. The van der Waals surface area contributed by atoms with Gasteiger partial charge in [-0.05, 0) is 38.3 Å². The first kappa shape index (κ1) is 18.8. The standard InChI is InChI=1S/C23H24N2O2S/c1-16-9-11-18(12-10-16)21-15-28-23(24-21)25(14-19-7-5-13-27-19)22(26)20-8-4-3-6-17(20)2/h3-4,6,8-12,15,19H,5,7,13-14H2,1-2H3/t19-/m0/s1. The predicted molar refractivity (Wildman–Crippen MR) is 114 cm³/mol. The third-order valence-electron chi connectivity index (χ3n) is 5.10. The minimum Gasteiger partial charge on any atom is -0.376 e. The van der Waals surface area contributed by atoms with E-state index in [0.717, 1.165) is 41.4 Å². The Labute approximate surface area is 169 Å². The smallest absolute Gasteiger partial charge is 0.260 e. The number of aryl methyl sites for hydroxylation is 2. The van der Waals surface area contributed by atoms with Crippen molar-refractivity contribution in [1.29, 1.82) is 0 Å². The number of nitrogens with zero attached hydrogens (tertiary/aromatic N) is 2. The number of aromatic nitrogens is 1. The quantitative estimate of drug-likeness (QED) is 0.595. The Balaban J connectivity index is 1.66. The zero-order chi connectivity index (χ0) is 19.5. The molecule has 3 aromatic rings. The fourth-order valence-electron chi connectivity index (χ4n) is 3.44. The molecule has 28 heavy (non-hydrogen) atoms. The molecule has 2 heterocycles. The molecule has 1 saturated heterocycles. The summed E-state index contributed by atoms with van der Waals surface area (Å²) in [7, 11) is 0. The van der Waals surface area contributed by atoms with Gasteiger partial charge >= 0.3 is 0 Å². The van der Waals surface area contributed by atoms with E-state index in [2.05, 4.69) is 31.2 Å². The van der Waals surface area contributed by atoms with Gasteiger partial charge in [0.15, 0.2) is 5.13 Å². The number of benzene rings is 2. The predicted octanol–water partition coefficient (Wildman–Crippen LogP) is 5.25. The van der Waals surface area contributed by atoms with Crippen molar-refractivity contribution in [2.24, 2.45) is 0 Å². The molecule has 1 amide bonds. The molecule has 0 unspecified atom stereocenters. The van der Waals surface area contributed by atoms with E-state index >= 15 is 0 Å². The summed E-state index contributed by atoms with van der Waals surface area (Å²) in [5.74, 6) is -0.0154. The first-order valence-electron chi connectivity index (χ1n) is 9.63. The number of rotatable bonds is 5. The number of hydrogen-bond acceptors (Lipinski definition) is 4. The minimum absolute atomic E-state index is 0.0154. The first-order valence-corrected chi connectivity index (χ1v) is 10.5. The summed E-state index contributed by atoms with van der Waals surface area (Å²) < 4.78 is 5.81. The van der Waals surface area contributed by atoms with E-state index < -0.39 is 0 Å². The lowest BCUT2D eigenvalue weighted by Crippen LogP contribution is -2.37. The Morgan fingerprint density at radius 3 is 2.68 bits per heavy atom. The second-order valence-electron chi connectivity index (χ2n) is 7.25. The molecule has 0 radical (unpaired) electrons. The van der Waals surface area contributed by atoms with Crippen LogP contribution in [-0.4, -0.2) is 30.1 Å². The van der Waals surface area contributed by atoms with Crippen molar-refractivity contribution in [3.63, 3.8) is 0 Å². The number of carbonyl (C=O) groups is 1. The Morgan fingerprint density at radius 1 is 1.18 bits per heavy atom. The summed E-state index contributed by atoms with van der Waals surface area (Å²) in [5.41, 5.74) is 4.87. The molecule has 1 aromatic heterocycles. The van der Waals surface area contributed by atoms with Crippen LogP contribution in [0.25, 0.3) is 11.3 Å². The van der Waals surface area contributed by atoms with Crippen molar-refractivity contribution in [3.8, 4) is 11.3 Å². The van der Waals surface area contributed by atoms with Crippen molar-refractivity contribution in [2.45, 2.75) is 32.8 Å². The first-order chi connectivity index (χ1) is 13.6. The van der Waals surface area contributed by atoms with Gasteiger partial charge in [0.2, 0.25) is 0 Å². The van der Waals surface area contributed by atoms with Crippen molar-refractivity contribution in [3.05, 3.63) is 70.6 Å². The second-order valence-corrected chi connectivity index (χ2v) is 8.08. The van der Waals surface area contributed by atoms with Crippen LogP contribution in [0.5, 0.6) is 0 Å². The maximum absolute atomic E-state index is 13.4. The Kier molecular flexibility index (Phi) is 5.55. The summed E-state index contributed by atoms with van der Waals surface area (Å²) in [6.45, 7) is 5.34. The van der Waals surface area contributed by atoms with Crippen molar-refractivity contribution < 1.29 is 9.53 Å². The fraction of sp³-hybridized carbons (Fsp3) is 0.304. The minimum atomic E-state index is -0.0154. The average Bonchev–Trinajstić information content (AvgIpc) is 3.39. The number of ether oxygens (including phenoxy) is 1. The average molecular weight is 393 g/mol. The summed E-state index contributed by atoms with van der Waals surface area (Å²) in [4.78, 5) is 20.0. The topological polar surface area (TPSA) is 42.4 Å². The van der Waals surface area contributed by atoms with Crippen molar-refractivity contribution in [1.82, 2.24) is 4.98 Å². The molecule has 0 saturated carbocycles. The molecule has 0 bridgehead atoms. The number of anilines is 1. The van der Waals surface area contributed by atoms with Crippen LogP contribution in [0.2, 0.25) is 0 Å². The molecule has 144 valence electrons. The van der Waals surface area contributed by atoms with E-state index in [9.17, 15) is 4.79 Å². The van der Waals surface area contributed by atoms with E-state index in [1.165, 1.54) is 16.9 Å². The zero-order valence-electron chi connectivity index (χ0n) is 16.2. The third kappa shape index (κ3) is 4.01. The highest BCUT2D eigenvalue weighted by Crippen LogP contribution is 2.30. The molecule has 1 atom stereocenters. The Hall–Kier alpha value is -2.50. The molecule has 4 nitrogen and oxygen atoms in total. The summed E-state index contributed by atoms with van der Waals surface area (Å²) in [5, 5.41) is 2.74. The number of thiazole rings is 1. The normalized spacial score (nSPS) is 16.3. The van der Waals surface area contributed by atoms with Gasteiger partial charge in [-0.2, -0.15) is 0 Å². The monoisotopic (exact) mass is 392 g/mol. The summed E-state index contributed by atoms with van der Waals surface area (Å²) in [6.07, 6.45) is 2.09. The molecule has 2 aromatic carbocycles. The van der Waals surface area contributed by atoms with Gasteiger partial charge in [-0.3, -0.25) is 9.69 Å². The van der Waals surface area contributed by atoms with Crippen LogP contribution in [0.15, 0.2) is 53.9 Å². The lowest BCUT2D eigenvalue weighted by molar-refractivity contribution is 0.0917. The molecule has 4 rings (SSSR count). The van der Waals surface area contributed by atoms with Gasteiger partial charge in [0, 0.05) is 23.1 Å². The summed E-state index contributed by atoms with van der Waals surface area (Å²) in [6, 6.07) is 16.0. The van der Waals surface area contributed by atoms with Gasteiger partial charge in [0.1, 0.15) is 0 Å². The van der Waals surface area contributed by atoms with Crippen LogP contribution in [0.3, 0.4) is 0 Å². The van der Waals surface area contributed by atoms with Crippen LogP contribution >= 0.6 is 11.3 Å². The highest BCUT2D eigenvalue weighted by molar-refractivity contribution is 7.14. The molecular formula is C23H24N2O2S. The molecular weight excluding hydrogens is 368 g/mol. The molecule has 0 aliphatic carbocycles. The van der Waals surface area contributed by atoms with E-state index in [1.807, 2.05) is 36.6 Å². The zero-order valence-corrected chi connectivity index (χ0v) is 17.0. The molecule has 0 spiro atoms.